The van der Waals surface area contributed by atoms with E-state index in [-0.39, 0.29) is 35.7 Å². The van der Waals surface area contributed by atoms with Gasteiger partial charge in [0.05, 0.1) is 24.5 Å². The van der Waals surface area contributed by atoms with Gasteiger partial charge in [-0.05, 0) is 80.3 Å². The van der Waals surface area contributed by atoms with E-state index >= 15 is 0 Å². The Labute approximate surface area is 197 Å². The molecule has 4 rings (SSSR count). The molecule has 2 fully saturated rings. The first-order valence-corrected chi connectivity index (χ1v) is 12.4. The molecule has 0 bridgehead atoms. The maximum atomic E-state index is 12.8. The van der Waals surface area contributed by atoms with Crippen molar-refractivity contribution in [2.45, 2.75) is 72.3 Å². The molecule has 4 atom stereocenters. The zero-order valence-electron chi connectivity index (χ0n) is 20.6. The molecule has 3 aliphatic rings. The van der Waals surface area contributed by atoms with Gasteiger partial charge in [0.25, 0.3) is 0 Å². The van der Waals surface area contributed by atoms with E-state index in [4.69, 9.17) is 4.74 Å². The highest BCUT2D eigenvalue weighted by atomic mass is 16.5. The molecular weight excluding hydrogens is 414 g/mol. The van der Waals surface area contributed by atoms with Crippen molar-refractivity contribution in [2.75, 3.05) is 13.7 Å². The van der Waals surface area contributed by atoms with Crippen LogP contribution in [-0.2, 0) is 14.3 Å². The van der Waals surface area contributed by atoms with Gasteiger partial charge >= 0.3 is 0 Å². The standard InChI is InChI=1S/C28H37NO4/c1-6-8-18(13-19-11-16(3)26(30)17(4)12-19)9-10-23-24-20(7-2)14-21-25(22(24)15-33-23)28(32)29(5)27(21)31/h11-13,21-23,25,30H,6-10,14-15H2,1-5H3/b18-13+/t21-,22+,23-,25-/m1/s1. The molecule has 2 amide bonds. The van der Waals surface area contributed by atoms with Gasteiger partial charge in [0.1, 0.15) is 5.75 Å². The lowest BCUT2D eigenvalue weighted by Crippen LogP contribution is -2.33. The van der Waals surface area contributed by atoms with Crippen molar-refractivity contribution in [2.24, 2.45) is 17.8 Å². The van der Waals surface area contributed by atoms with Crippen LogP contribution in [0.3, 0.4) is 0 Å². The number of amides is 2. The molecule has 1 aromatic carbocycles. The van der Waals surface area contributed by atoms with Crippen molar-refractivity contribution in [3.05, 3.63) is 45.5 Å². The fraction of sp³-hybridized carbons (Fsp3) is 0.571. The molecule has 2 heterocycles. The summed E-state index contributed by atoms with van der Waals surface area (Å²) in [6, 6.07) is 4.08. The average Bonchev–Trinajstić information content (AvgIpc) is 3.30. The molecular formula is C28H37NO4. The summed E-state index contributed by atoms with van der Waals surface area (Å²) in [5.41, 5.74) is 6.94. The number of ether oxygens (including phenoxy) is 1. The maximum absolute atomic E-state index is 12.8. The van der Waals surface area contributed by atoms with Crippen LogP contribution in [-0.4, -0.2) is 41.6 Å². The van der Waals surface area contributed by atoms with E-state index in [0.717, 1.165) is 48.8 Å². The summed E-state index contributed by atoms with van der Waals surface area (Å²) < 4.78 is 6.29. The first kappa shape index (κ1) is 23.7. The van der Waals surface area contributed by atoms with Crippen LogP contribution in [0.25, 0.3) is 6.08 Å². The zero-order chi connectivity index (χ0) is 23.9. The van der Waals surface area contributed by atoms with E-state index < -0.39 is 0 Å². The maximum Gasteiger partial charge on any atom is 0.233 e. The third-order valence-corrected chi connectivity index (χ3v) is 7.84. The van der Waals surface area contributed by atoms with Crippen LogP contribution in [0.15, 0.2) is 28.9 Å². The number of nitrogens with zero attached hydrogens (tertiary/aromatic N) is 1. The highest BCUT2D eigenvalue weighted by molar-refractivity contribution is 6.05. The molecule has 5 nitrogen and oxygen atoms in total. The molecule has 33 heavy (non-hydrogen) atoms. The minimum Gasteiger partial charge on any atom is -0.507 e. The number of imide groups is 1. The molecule has 0 saturated carbocycles. The summed E-state index contributed by atoms with van der Waals surface area (Å²) >= 11 is 0. The third kappa shape index (κ3) is 4.28. The summed E-state index contributed by atoms with van der Waals surface area (Å²) in [6.07, 6.45) is 7.83. The molecule has 5 heteroatoms. The molecule has 2 aliphatic heterocycles. The molecule has 1 aromatic rings. The first-order valence-electron chi connectivity index (χ1n) is 12.4. The largest absolute Gasteiger partial charge is 0.507 e. The zero-order valence-corrected chi connectivity index (χ0v) is 20.6. The fourth-order valence-electron chi connectivity index (χ4n) is 6.18. The minimum absolute atomic E-state index is 0.0221. The lowest BCUT2D eigenvalue weighted by Gasteiger charge is -2.31. The molecule has 1 N–H and O–H groups in total. The number of fused-ring (bicyclic) bond motifs is 3. The van der Waals surface area contributed by atoms with Crippen LogP contribution < -0.4 is 0 Å². The summed E-state index contributed by atoms with van der Waals surface area (Å²) in [4.78, 5) is 26.8. The fourth-order valence-corrected chi connectivity index (χ4v) is 6.18. The van der Waals surface area contributed by atoms with Gasteiger partial charge < -0.3 is 9.84 Å². The van der Waals surface area contributed by atoms with E-state index in [9.17, 15) is 14.7 Å². The van der Waals surface area contributed by atoms with Crippen molar-refractivity contribution < 1.29 is 19.4 Å². The number of hydrogen-bond acceptors (Lipinski definition) is 4. The van der Waals surface area contributed by atoms with Crippen LogP contribution >= 0.6 is 0 Å². The van der Waals surface area contributed by atoms with Crippen molar-refractivity contribution in [1.82, 2.24) is 4.90 Å². The van der Waals surface area contributed by atoms with Gasteiger partial charge in [0.15, 0.2) is 0 Å². The average molecular weight is 452 g/mol. The molecule has 178 valence electrons. The Hall–Kier alpha value is -2.40. The Balaban J connectivity index is 1.55. The SMILES string of the molecule is CCC/C(=C\c1cc(C)c(O)c(C)c1)CC[C@H]1OC[C@H]2C1=C(CC)C[C@H]1C(=O)N(C)C(=O)[C@H]12. The number of likely N-dealkylation sites (tertiary alicyclic amines) is 1. The van der Waals surface area contributed by atoms with Gasteiger partial charge in [-0.15, -0.1) is 0 Å². The molecule has 1 aliphatic carbocycles. The van der Waals surface area contributed by atoms with Crippen LogP contribution in [0.4, 0.5) is 0 Å². The van der Waals surface area contributed by atoms with Gasteiger partial charge in [0.2, 0.25) is 11.8 Å². The number of benzene rings is 1. The Kier molecular flexibility index (Phi) is 6.81. The Morgan fingerprint density at radius 2 is 1.82 bits per heavy atom. The Bertz CT molecular complexity index is 998. The molecule has 0 spiro atoms. The number of carbonyl (C=O) groups is 2. The lowest BCUT2D eigenvalue weighted by atomic mass is 9.69. The van der Waals surface area contributed by atoms with Crippen molar-refractivity contribution >= 4 is 17.9 Å². The van der Waals surface area contributed by atoms with Gasteiger partial charge in [0, 0.05) is 13.0 Å². The van der Waals surface area contributed by atoms with E-state index in [1.165, 1.54) is 21.6 Å². The second-order valence-corrected chi connectivity index (χ2v) is 10.0. The summed E-state index contributed by atoms with van der Waals surface area (Å²) in [5, 5.41) is 10.1. The number of phenols is 1. The van der Waals surface area contributed by atoms with Crippen LogP contribution in [0.5, 0.6) is 5.75 Å². The lowest BCUT2D eigenvalue weighted by molar-refractivity contribution is -0.138. The number of rotatable bonds is 7. The number of allylic oxidation sites excluding steroid dienone is 2. The monoisotopic (exact) mass is 451 g/mol. The van der Waals surface area contributed by atoms with Gasteiger partial charge in [-0.1, -0.05) is 37.5 Å². The molecule has 0 radical (unpaired) electrons. The van der Waals surface area contributed by atoms with Gasteiger partial charge in [-0.2, -0.15) is 0 Å². The topological polar surface area (TPSA) is 66.8 Å². The predicted molar refractivity (Wildman–Crippen MR) is 130 cm³/mol. The van der Waals surface area contributed by atoms with Crippen LogP contribution in [0, 0.1) is 31.6 Å². The molecule has 0 aromatic heterocycles. The number of aryl methyl sites for hydroxylation is 2. The van der Waals surface area contributed by atoms with E-state index in [2.05, 4.69) is 19.9 Å². The Morgan fingerprint density at radius 3 is 2.45 bits per heavy atom. The van der Waals surface area contributed by atoms with Crippen molar-refractivity contribution in [3.8, 4) is 5.75 Å². The number of aromatic hydroxyl groups is 1. The second kappa shape index (κ2) is 9.46. The van der Waals surface area contributed by atoms with Crippen LogP contribution in [0.1, 0.15) is 69.1 Å². The van der Waals surface area contributed by atoms with Crippen molar-refractivity contribution in [3.63, 3.8) is 0 Å². The summed E-state index contributed by atoms with van der Waals surface area (Å²) in [7, 11) is 1.62. The number of phenolic OH excluding ortho intramolecular Hbond substituents is 1. The molecule has 0 unspecified atom stereocenters. The normalized spacial score (nSPS) is 27.4. The van der Waals surface area contributed by atoms with E-state index in [1.807, 2.05) is 26.0 Å². The molecule has 2 saturated heterocycles. The van der Waals surface area contributed by atoms with Gasteiger partial charge in [-0.3, -0.25) is 14.5 Å². The quantitative estimate of drug-likeness (QED) is 0.449. The van der Waals surface area contributed by atoms with E-state index in [0.29, 0.717) is 18.8 Å². The summed E-state index contributed by atoms with van der Waals surface area (Å²) in [5.74, 6) is -0.0833. The smallest absolute Gasteiger partial charge is 0.233 e. The second-order valence-electron chi connectivity index (χ2n) is 10.0. The number of hydrogen-bond donors (Lipinski definition) is 1. The minimum atomic E-state index is -0.244. The van der Waals surface area contributed by atoms with Crippen molar-refractivity contribution in [1.29, 1.82) is 0 Å². The summed E-state index contributed by atoms with van der Waals surface area (Å²) in [6.45, 7) is 8.76. The number of carbonyl (C=O) groups excluding carboxylic acids is 2. The Morgan fingerprint density at radius 1 is 1.12 bits per heavy atom. The predicted octanol–water partition coefficient (Wildman–Crippen LogP) is 5.33. The first-order chi connectivity index (χ1) is 15.8. The van der Waals surface area contributed by atoms with E-state index in [1.54, 1.807) is 7.05 Å². The van der Waals surface area contributed by atoms with Crippen LogP contribution in [0.2, 0.25) is 0 Å². The highest BCUT2D eigenvalue weighted by Crippen LogP contribution is 2.50. The highest BCUT2D eigenvalue weighted by Gasteiger charge is 2.55. The van der Waals surface area contributed by atoms with Gasteiger partial charge in [-0.25, -0.2) is 0 Å². The third-order valence-electron chi connectivity index (χ3n) is 7.84.